The molecule has 6 nitrogen and oxygen atoms in total. The van der Waals surface area contributed by atoms with Gasteiger partial charge >= 0.3 is 0 Å². The Kier molecular flexibility index (Phi) is 7.48. The molecule has 0 aliphatic carbocycles. The van der Waals surface area contributed by atoms with Gasteiger partial charge in [-0.2, -0.15) is 4.31 Å². The first-order chi connectivity index (χ1) is 15.9. The first-order valence-corrected chi connectivity index (χ1v) is 13.7. The van der Waals surface area contributed by atoms with Crippen LogP contribution in [-0.4, -0.2) is 42.6 Å². The summed E-state index contributed by atoms with van der Waals surface area (Å²) in [6.07, 6.45) is 1.84. The molecular formula is C25H31N3O3S2. The van der Waals surface area contributed by atoms with Gasteiger partial charge in [0.25, 0.3) is 0 Å². The van der Waals surface area contributed by atoms with Crippen LogP contribution in [0.1, 0.15) is 33.6 Å². The third-order valence-corrected chi connectivity index (χ3v) is 8.36. The highest BCUT2D eigenvalue weighted by Gasteiger charge is 2.32. The molecule has 2 heterocycles. The molecule has 0 spiro atoms. The highest BCUT2D eigenvalue weighted by atomic mass is 32.2. The molecule has 2 aromatic carbocycles. The van der Waals surface area contributed by atoms with Crippen molar-refractivity contribution >= 4 is 27.0 Å². The van der Waals surface area contributed by atoms with Gasteiger partial charge in [-0.1, -0.05) is 43.7 Å². The quantitative estimate of drug-likeness (QED) is 0.471. The number of morpholine rings is 1. The summed E-state index contributed by atoms with van der Waals surface area (Å²) in [6, 6.07) is 17.2. The number of hydrogen-bond donors (Lipinski definition) is 0. The van der Waals surface area contributed by atoms with E-state index >= 15 is 0 Å². The van der Waals surface area contributed by atoms with Crippen molar-refractivity contribution in [1.29, 1.82) is 0 Å². The van der Waals surface area contributed by atoms with Crippen molar-refractivity contribution in [1.82, 2.24) is 8.87 Å². The first-order valence-electron chi connectivity index (χ1n) is 11.4. The normalized spacial score (nSPS) is 20.3. The summed E-state index contributed by atoms with van der Waals surface area (Å²) in [5, 5.41) is 2.07. The van der Waals surface area contributed by atoms with Crippen molar-refractivity contribution < 1.29 is 13.2 Å². The summed E-state index contributed by atoms with van der Waals surface area (Å²) in [5.41, 5.74) is 2.78. The highest BCUT2D eigenvalue weighted by Crippen LogP contribution is 2.27. The summed E-state index contributed by atoms with van der Waals surface area (Å²) >= 11 is 1.58. The predicted molar refractivity (Wildman–Crippen MR) is 133 cm³/mol. The Morgan fingerprint density at radius 1 is 1.06 bits per heavy atom. The van der Waals surface area contributed by atoms with Gasteiger partial charge in [0.1, 0.15) is 0 Å². The van der Waals surface area contributed by atoms with Crippen LogP contribution in [0.4, 0.5) is 5.69 Å². The van der Waals surface area contributed by atoms with Crippen molar-refractivity contribution in [2.75, 3.05) is 13.1 Å². The Balaban J connectivity index is 1.73. The number of para-hydroxylation sites is 1. The molecule has 1 aliphatic rings. The molecule has 8 heteroatoms. The zero-order chi connectivity index (χ0) is 23.4. The van der Waals surface area contributed by atoms with Crippen molar-refractivity contribution in [3.63, 3.8) is 0 Å². The molecule has 1 aromatic heterocycles. The fourth-order valence-corrected chi connectivity index (χ4v) is 6.68. The van der Waals surface area contributed by atoms with Gasteiger partial charge in [0, 0.05) is 30.6 Å². The maximum absolute atomic E-state index is 13.4. The van der Waals surface area contributed by atoms with Crippen LogP contribution in [-0.2, 0) is 21.3 Å². The second kappa shape index (κ2) is 10.3. The molecule has 33 heavy (non-hydrogen) atoms. The lowest BCUT2D eigenvalue weighted by molar-refractivity contribution is -0.0440. The number of sulfonamides is 1. The number of thiazole rings is 1. The monoisotopic (exact) mass is 485 g/mol. The van der Waals surface area contributed by atoms with E-state index in [1.54, 1.807) is 27.8 Å². The second-order valence-electron chi connectivity index (χ2n) is 8.46. The fourth-order valence-electron chi connectivity index (χ4n) is 4.09. The lowest BCUT2D eigenvalue weighted by atomic mass is 10.1. The van der Waals surface area contributed by atoms with Crippen LogP contribution in [0.2, 0.25) is 0 Å². The van der Waals surface area contributed by atoms with Gasteiger partial charge in [-0.25, -0.2) is 13.4 Å². The molecule has 0 N–H and O–H groups in total. The topological polar surface area (TPSA) is 63.9 Å². The third kappa shape index (κ3) is 5.46. The molecule has 0 amide bonds. The van der Waals surface area contributed by atoms with Crippen LogP contribution in [0.25, 0.3) is 11.3 Å². The number of nitrogens with zero attached hydrogens (tertiary/aromatic N) is 3. The SMILES string of the molecule is CCCCn1c(-c2cccc(S(=O)(=O)N3CC(C)OC(C)C3)c2)csc1=Nc1ccccc1. The minimum Gasteiger partial charge on any atom is -0.373 e. The maximum Gasteiger partial charge on any atom is 0.243 e. The van der Waals surface area contributed by atoms with Crippen LogP contribution in [0.3, 0.4) is 0 Å². The fraction of sp³-hybridized carbons (Fsp3) is 0.400. The Morgan fingerprint density at radius 2 is 1.79 bits per heavy atom. The van der Waals surface area contributed by atoms with Crippen LogP contribution in [0.15, 0.2) is 69.9 Å². The van der Waals surface area contributed by atoms with E-state index in [0.717, 1.165) is 41.1 Å². The summed E-state index contributed by atoms with van der Waals surface area (Å²) in [7, 11) is -3.61. The lowest BCUT2D eigenvalue weighted by Crippen LogP contribution is -2.48. The predicted octanol–water partition coefficient (Wildman–Crippen LogP) is 5.05. The molecule has 1 fully saturated rings. The molecule has 2 unspecified atom stereocenters. The van der Waals surface area contributed by atoms with E-state index in [0.29, 0.717) is 18.0 Å². The van der Waals surface area contributed by atoms with Crippen molar-refractivity contribution in [2.45, 2.75) is 57.3 Å². The Bertz CT molecular complexity index is 1240. The molecule has 1 aliphatic heterocycles. The molecule has 4 rings (SSSR count). The molecule has 176 valence electrons. The van der Waals surface area contributed by atoms with Crippen LogP contribution >= 0.6 is 11.3 Å². The van der Waals surface area contributed by atoms with E-state index in [1.165, 1.54) is 0 Å². The Morgan fingerprint density at radius 3 is 2.48 bits per heavy atom. The number of benzene rings is 2. The largest absolute Gasteiger partial charge is 0.373 e. The maximum atomic E-state index is 13.4. The summed E-state index contributed by atoms with van der Waals surface area (Å²) in [4.78, 5) is 6.07. The van der Waals surface area contributed by atoms with Gasteiger partial charge in [-0.3, -0.25) is 0 Å². The molecule has 0 saturated carbocycles. The van der Waals surface area contributed by atoms with E-state index in [4.69, 9.17) is 9.73 Å². The number of aromatic nitrogens is 1. The highest BCUT2D eigenvalue weighted by molar-refractivity contribution is 7.89. The molecule has 2 atom stereocenters. The standard InChI is InChI=1S/C25H31N3O3S2/c1-4-5-14-28-24(18-32-25(28)26-22-11-7-6-8-12-22)21-10-9-13-23(15-21)33(29,30)27-16-19(2)31-20(3)17-27/h6-13,15,18-20H,4-5,14,16-17H2,1-3H3. The van der Waals surface area contributed by atoms with Crippen LogP contribution in [0.5, 0.6) is 0 Å². The lowest BCUT2D eigenvalue weighted by Gasteiger charge is -2.34. The van der Waals surface area contributed by atoms with Crippen molar-refractivity contribution in [2.24, 2.45) is 4.99 Å². The average molecular weight is 486 g/mol. The van der Waals surface area contributed by atoms with Gasteiger partial charge in [0.05, 0.1) is 28.5 Å². The average Bonchev–Trinajstić information content (AvgIpc) is 3.20. The Hall–Kier alpha value is -2.26. The van der Waals surface area contributed by atoms with Gasteiger partial charge in [-0.15, -0.1) is 11.3 Å². The molecule has 3 aromatic rings. The van der Waals surface area contributed by atoms with Gasteiger partial charge in [0.2, 0.25) is 10.0 Å². The van der Waals surface area contributed by atoms with E-state index in [9.17, 15) is 8.42 Å². The number of hydrogen-bond acceptors (Lipinski definition) is 5. The van der Waals surface area contributed by atoms with Crippen molar-refractivity contribution in [3.8, 4) is 11.3 Å². The number of ether oxygens (including phenoxy) is 1. The number of rotatable bonds is 7. The Labute approximate surface area is 200 Å². The summed E-state index contributed by atoms with van der Waals surface area (Å²) < 4.78 is 36.3. The second-order valence-corrected chi connectivity index (χ2v) is 11.2. The molecule has 0 radical (unpaired) electrons. The minimum absolute atomic E-state index is 0.123. The van der Waals surface area contributed by atoms with Crippen LogP contribution in [0, 0.1) is 0 Å². The van der Waals surface area contributed by atoms with Gasteiger partial charge in [-0.05, 0) is 44.5 Å². The zero-order valence-electron chi connectivity index (χ0n) is 19.3. The van der Waals surface area contributed by atoms with E-state index in [-0.39, 0.29) is 12.2 Å². The molecular weight excluding hydrogens is 454 g/mol. The minimum atomic E-state index is -3.61. The van der Waals surface area contributed by atoms with Crippen LogP contribution < -0.4 is 4.80 Å². The van der Waals surface area contributed by atoms with Gasteiger partial charge < -0.3 is 9.30 Å². The third-order valence-electron chi connectivity index (χ3n) is 5.67. The molecule has 0 bridgehead atoms. The molecule has 1 saturated heterocycles. The van der Waals surface area contributed by atoms with E-state index < -0.39 is 10.0 Å². The van der Waals surface area contributed by atoms with Crippen molar-refractivity contribution in [3.05, 3.63) is 64.8 Å². The van der Waals surface area contributed by atoms with Gasteiger partial charge in [0.15, 0.2) is 4.80 Å². The van der Waals surface area contributed by atoms with E-state index in [1.807, 2.05) is 56.3 Å². The first kappa shape index (κ1) is 23.9. The smallest absolute Gasteiger partial charge is 0.243 e. The number of unbranched alkanes of at least 4 members (excludes halogenated alkanes) is 1. The van der Waals surface area contributed by atoms with E-state index in [2.05, 4.69) is 16.9 Å². The summed E-state index contributed by atoms with van der Waals surface area (Å²) in [6.45, 7) is 7.55. The summed E-state index contributed by atoms with van der Waals surface area (Å²) in [5.74, 6) is 0. The zero-order valence-corrected chi connectivity index (χ0v) is 21.0.